The van der Waals surface area contributed by atoms with Crippen LogP contribution in [0.25, 0.3) is 0 Å². The van der Waals surface area contributed by atoms with E-state index in [1.165, 1.54) is 12.1 Å². The van der Waals surface area contributed by atoms with E-state index < -0.39 is 17.7 Å². The Hall–Kier alpha value is -2.23. The summed E-state index contributed by atoms with van der Waals surface area (Å²) >= 11 is 0. The maximum Gasteiger partial charge on any atom is 0.170 e. The molecule has 4 heteroatoms. The molecule has 0 spiro atoms. The monoisotopic (exact) mass is 260 g/mol. The smallest absolute Gasteiger partial charge is 0.170 e. The highest BCUT2D eigenvalue weighted by Crippen LogP contribution is 2.34. The summed E-state index contributed by atoms with van der Waals surface area (Å²) in [5.74, 6) is -0.986. The van der Waals surface area contributed by atoms with Crippen molar-refractivity contribution in [2.24, 2.45) is 0 Å². The third-order valence-electron chi connectivity index (χ3n) is 3.08. The van der Waals surface area contributed by atoms with Gasteiger partial charge in [0.2, 0.25) is 0 Å². The Morgan fingerprint density at radius 2 is 1.74 bits per heavy atom. The van der Waals surface area contributed by atoms with Gasteiger partial charge < -0.3 is 4.74 Å². The molecule has 0 radical (unpaired) electrons. The number of para-hydroxylation sites is 1. The molecular weight excluding hydrogens is 250 g/mol. The normalized spacial score (nSPS) is 17.8. The van der Waals surface area contributed by atoms with Gasteiger partial charge in [-0.25, -0.2) is 8.78 Å². The Morgan fingerprint density at radius 1 is 1.05 bits per heavy atom. The maximum absolute atomic E-state index is 13.2. The van der Waals surface area contributed by atoms with Crippen LogP contribution in [0.15, 0.2) is 42.5 Å². The molecule has 0 N–H and O–H groups in total. The summed E-state index contributed by atoms with van der Waals surface area (Å²) in [4.78, 5) is 12.0. The highest BCUT2D eigenvalue weighted by atomic mass is 19.1. The minimum atomic E-state index is -0.676. The SMILES string of the molecule is O=C1CC(c2cc(F)cc(F)c2)Oc2ccccc21. The molecular formula is C15H10F2O2. The summed E-state index contributed by atoms with van der Waals surface area (Å²) < 4.78 is 32.0. The number of hydrogen-bond acceptors (Lipinski definition) is 2. The lowest BCUT2D eigenvalue weighted by molar-refractivity contribution is 0.0849. The van der Waals surface area contributed by atoms with Crippen molar-refractivity contribution < 1.29 is 18.3 Å². The minimum absolute atomic E-state index is 0.0832. The van der Waals surface area contributed by atoms with Gasteiger partial charge in [0.15, 0.2) is 5.78 Å². The number of carbonyl (C=O) groups is 1. The maximum atomic E-state index is 13.2. The van der Waals surface area contributed by atoms with E-state index in [1.807, 2.05) is 0 Å². The van der Waals surface area contributed by atoms with Crippen molar-refractivity contribution >= 4 is 5.78 Å². The zero-order chi connectivity index (χ0) is 13.4. The van der Waals surface area contributed by atoms with Gasteiger partial charge in [-0.05, 0) is 29.8 Å². The van der Waals surface area contributed by atoms with Crippen molar-refractivity contribution in [2.75, 3.05) is 0 Å². The van der Waals surface area contributed by atoms with Crippen LogP contribution in [0.3, 0.4) is 0 Å². The lowest BCUT2D eigenvalue weighted by atomic mass is 9.96. The lowest BCUT2D eigenvalue weighted by Gasteiger charge is -2.25. The van der Waals surface area contributed by atoms with Crippen LogP contribution >= 0.6 is 0 Å². The van der Waals surface area contributed by atoms with Crippen LogP contribution in [0, 0.1) is 11.6 Å². The van der Waals surface area contributed by atoms with Crippen molar-refractivity contribution in [3.63, 3.8) is 0 Å². The summed E-state index contributed by atoms with van der Waals surface area (Å²) in [5.41, 5.74) is 0.843. The molecule has 3 rings (SSSR count). The summed E-state index contributed by atoms with van der Waals surface area (Å²) in [6.07, 6.45) is -0.563. The molecule has 2 aromatic carbocycles. The van der Waals surface area contributed by atoms with Gasteiger partial charge in [0.05, 0.1) is 12.0 Å². The first kappa shape index (κ1) is 11.8. The van der Waals surface area contributed by atoms with Crippen molar-refractivity contribution in [1.82, 2.24) is 0 Å². The van der Waals surface area contributed by atoms with Crippen molar-refractivity contribution in [3.8, 4) is 5.75 Å². The second kappa shape index (κ2) is 4.46. The number of hydrogen-bond donors (Lipinski definition) is 0. The Kier molecular flexibility index (Phi) is 2.78. The van der Waals surface area contributed by atoms with E-state index in [0.29, 0.717) is 16.9 Å². The second-order valence-electron chi connectivity index (χ2n) is 4.43. The molecule has 0 fully saturated rings. The van der Waals surface area contributed by atoms with Crippen LogP contribution in [-0.2, 0) is 0 Å². The van der Waals surface area contributed by atoms with Crippen LogP contribution in [0.5, 0.6) is 5.75 Å². The summed E-state index contributed by atoms with van der Waals surface area (Å²) in [6.45, 7) is 0. The molecule has 2 nitrogen and oxygen atoms in total. The molecule has 0 aliphatic carbocycles. The fourth-order valence-electron chi connectivity index (χ4n) is 2.22. The molecule has 1 unspecified atom stereocenters. The predicted molar refractivity (Wildman–Crippen MR) is 65.1 cm³/mol. The fraction of sp³-hybridized carbons (Fsp3) is 0.133. The molecule has 0 saturated heterocycles. The average molecular weight is 260 g/mol. The third kappa shape index (κ3) is 2.21. The summed E-state index contributed by atoms with van der Waals surface area (Å²) in [6, 6.07) is 10.0. The molecule has 96 valence electrons. The number of fused-ring (bicyclic) bond motifs is 1. The molecule has 0 aromatic heterocycles. The highest BCUT2D eigenvalue weighted by Gasteiger charge is 2.27. The lowest BCUT2D eigenvalue weighted by Crippen LogP contribution is -2.20. The van der Waals surface area contributed by atoms with Crippen LogP contribution in [-0.4, -0.2) is 5.78 Å². The van der Waals surface area contributed by atoms with Crippen LogP contribution in [0.2, 0.25) is 0 Å². The number of benzene rings is 2. The van der Waals surface area contributed by atoms with E-state index in [-0.39, 0.29) is 12.2 Å². The van der Waals surface area contributed by atoms with E-state index in [4.69, 9.17) is 4.74 Å². The van der Waals surface area contributed by atoms with E-state index in [9.17, 15) is 13.6 Å². The third-order valence-corrected chi connectivity index (χ3v) is 3.08. The molecule has 0 amide bonds. The van der Waals surface area contributed by atoms with E-state index >= 15 is 0 Å². The number of ether oxygens (including phenoxy) is 1. The van der Waals surface area contributed by atoms with Crippen LogP contribution < -0.4 is 4.74 Å². The summed E-state index contributed by atoms with van der Waals surface area (Å²) in [5, 5.41) is 0. The van der Waals surface area contributed by atoms with Crippen LogP contribution in [0.4, 0.5) is 8.78 Å². The number of rotatable bonds is 1. The Balaban J connectivity index is 1.99. The van der Waals surface area contributed by atoms with E-state index in [1.54, 1.807) is 24.3 Å². The Labute approximate surface area is 108 Å². The second-order valence-corrected chi connectivity index (χ2v) is 4.43. The molecule has 0 bridgehead atoms. The Morgan fingerprint density at radius 3 is 2.47 bits per heavy atom. The molecule has 1 aliphatic rings. The number of carbonyl (C=O) groups excluding carboxylic acids is 1. The topological polar surface area (TPSA) is 26.3 Å². The van der Waals surface area contributed by atoms with E-state index in [0.717, 1.165) is 6.07 Å². The van der Waals surface area contributed by atoms with Gasteiger partial charge in [0.1, 0.15) is 23.5 Å². The van der Waals surface area contributed by atoms with Gasteiger partial charge >= 0.3 is 0 Å². The minimum Gasteiger partial charge on any atom is -0.484 e. The summed E-state index contributed by atoms with van der Waals surface area (Å²) in [7, 11) is 0. The molecule has 1 atom stereocenters. The molecule has 1 heterocycles. The first-order valence-electron chi connectivity index (χ1n) is 5.88. The van der Waals surface area contributed by atoms with Crippen molar-refractivity contribution in [2.45, 2.75) is 12.5 Å². The molecule has 0 saturated carbocycles. The standard InChI is InChI=1S/C15H10F2O2/c16-10-5-9(6-11(17)7-10)15-8-13(18)12-3-1-2-4-14(12)19-15/h1-7,15H,8H2. The van der Waals surface area contributed by atoms with Crippen molar-refractivity contribution in [1.29, 1.82) is 0 Å². The van der Waals surface area contributed by atoms with Gasteiger partial charge in [0, 0.05) is 6.07 Å². The Bertz CT molecular complexity index is 632. The van der Waals surface area contributed by atoms with Crippen LogP contribution in [0.1, 0.15) is 28.4 Å². The molecule has 19 heavy (non-hydrogen) atoms. The van der Waals surface area contributed by atoms with Crippen molar-refractivity contribution in [3.05, 3.63) is 65.2 Å². The zero-order valence-electron chi connectivity index (χ0n) is 9.90. The van der Waals surface area contributed by atoms with Gasteiger partial charge in [0.25, 0.3) is 0 Å². The van der Waals surface area contributed by atoms with Gasteiger partial charge in [-0.1, -0.05) is 12.1 Å². The number of Topliss-reactive ketones (excluding diaryl/α,β-unsaturated/α-hetero) is 1. The molecule has 2 aromatic rings. The predicted octanol–water partition coefficient (Wildman–Crippen LogP) is 3.67. The average Bonchev–Trinajstić information content (AvgIpc) is 2.37. The number of halogens is 2. The molecule has 1 aliphatic heterocycles. The number of ketones is 1. The quantitative estimate of drug-likeness (QED) is 0.782. The van der Waals surface area contributed by atoms with Gasteiger partial charge in [-0.3, -0.25) is 4.79 Å². The van der Waals surface area contributed by atoms with Gasteiger partial charge in [-0.2, -0.15) is 0 Å². The first-order valence-corrected chi connectivity index (χ1v) is 5.88. The largest absolute Gasteiger partial charge is 0.484 e. The van der Waals surface area contributed by atoms with Gasteiger partial charge in [-0.15, -0.1) is 0 Å². The van der Waals surface area contributed by atoms with E-state index in [2.05, 4.69) is 0 Å². The highest BCUT2D eigenvalue weighted by molar-refractivity contribution is 5.99. The fourth-order valence-corrected chi connectivity index (χ4v) is 2.22. The zero-order valence-corrected chi connectivity index (χ0v) is 9.90. The first-order chi connectivity index (χ1) is 9.13.